The summed E-state index contributed by atoms with van der Waals surface area (Å²) in [6.07, 6.45) is 0. The number of carbonyl (C=O) groups excluding carboxylic acids is 1. The van der Waals surface area contributed by atoms with E-state index in [1.165, 1.54) is 0 Å². The topological polar surface area (TPSA) is 46.9 Å². The normalized spacial score (nSPS) is 12.0. The summed E-state index contributed by atoms with van der Waals surface area (Å²) in [6.45, 7) is 5.78. The van der Waals surface area contributed by atoms with Crippen LogP contribution in [0.5, 0.6) is 0 Å². The number of benzene rings is 2. The van der Waals surface area contributed by atoms with Crippen molar-refractivity contribution in [3.8, 4) is 5.69 Å². The summed E-state index contributed by atoms with van der Waals surface area (Å²) in [4.78, 5) is 12.8. The molecule has 0 saturated carbocycles. The molecule has 3 aromatic rings. The van der Waals surface area contributed by atoms with Gasteiger partial charge in [-0.1, -0.05) is 48.5 Å². The van der Waals surface area contributed by atoms with E-state index < -0.39 is 0 Å². The van der Waals surface area contributed by atoms with Gasteiger partial charge >= 0.3 is 0 Å². The van der Waals surface area contributed by atoms with Crippen molar-refractivity contribution in [2.75, 3.05) is 0 Å². The maximum atomic E-state index is 12.8. The second-order valence-corrected chi connectivity index (χ2v) is 5.90. The quantitative estimate of drug-likeness (QED) is 0.790. The molecule has 1 heterocycles. The molecule has 4 nitrogen and oxygen atoms in total. The van der Waals surface area contributed by atoms with Crippen LogP contribution in [-0.2, 0) is 0 Å². The highest BCUT2D eigenvalue weighted by Crippen LogP contribution is 2.19. The maximum absolute atomic E-state index is 12.8. The van der Waals surface area contributed by atoms with Crippen molar-refractivity contribution in [1.29, 1.82) is 0 Å². The highest BCUT2D eigenvalue weighted by Gasteiger charge is 2.21. The lowest BCUT2D eigenvalue weighted by Crippen LogP contribution is -2.27. The lowest BCUT2D eigenvalue weighted by Gasteiger charge is -2.14. The number of hydrogen-bond acceptors (Lipinski definition) is 2. The summed E-state index contributed by atoms with van der Waals surface area (Å²) < 4.78 is 1.82. The average molecular weight is 319 g/mol. The number of carbonyl (C=O) groups is 1. The third-order valence-corrected chi connectivity index (χ3v) is 4.17. The van der Waals surface area contributed by atoms with Crippen molar-refractivity contribution < 1.29 is 4.79 Å². The highest BCUT2D eigenvalue weighted by molar-refractivity contribution is 5.96. The molecule has 1 amide bonds. The molecule has 0 saturated heterocycles. The molecule has 0 aliphatic rings. The van der Waals surface area contributed by atoms with E-state index in [1.54, 1.807) is 0 Å². The van der Waals surface area contributed by atoms with Crippen LogP contribution in [-0.4, -0.2) is 15.7 Å². The minimum absolute atomic E-state index is 0.0578. The van der Waals surface area contributed by atoms with Crippen molar-refractivity contribution in [2.24, 2.45) is 0 Å². The Hall–Kier alpha value is -2.88. The molecule has 0 radical (unpaired) electrons. The fraction of sp³-hybridized carbons (Fsp3) is 0.200. The van der Waals surface area contributed by atoms with E-state index in [1.807, 2.05) is 86.1 Å². The minimum atomic E-state index is -0.0939. The standard InChI is InChI=1S/C20H21N3O/c1-14(17-10-6-4-7-11-17)21-20(24)19-15(2)22-23(16(19)3)18-12-8-5-9-13-18/h4-14H,1-3H3,(H,21,24). The fourth-order valence-electron chi connectivity index (χ4n) is 2.89. The van der Waals surface area contributed by atoms with Gasteiger partial charge in [-0.15, -0.1) is 0 Å². The molecule has 2 aromatic carbocycles. The second-order valence-electron chi connectivity index (χ2n) is 5.90. The minimum Gasteiger partial charge on any atom is -0.345 e. The molecular weight excluding hydrogens is 298 g/mol. The second kappa shape index (κ2) is 6.71. The van der Waals surface area contributed by atoms with E-state index in [-0.39, 0.29) is 11.9 Å². The molecular formula is C20H21N3O. The fourth-order valence-corrected chi connectivity index (χ4v) is 2.89. The summed E-state index contributed by atoms with van der Waals surface area (Å²) in [5.74, 6) is -0.0939. The highest BCUT2D eigenvalue weighted by atomic mass is 16.1. The van der Waals surface area contributed by atoms with Gasteiger partial charge in [0.05, 0.1) is 28.7 Å². The number of aryl methyl sites for hydroxylation is 1. The molecule has 4 heteroatoms. The monoisotopic (exact) mass is 319 g/mol. The lowest BCUT2D eigenvalue weighted by molar-refractivity contribution is 0.0938. The van der Waals surface area contributed by atoms with Gasteiger partial charge < -0.3 is 5.32 Å². The summed E-state index contributed by atoms with van der Waals surface area (Å²) in [5, 5.41) is 7.60. The number of rotatable bonds is 4. The Morgan fingerprint density at radius 2 is 1.58 bits per heavy atom. The molecule has 1 unspecified atom stereocenters. The first-order valence-corrected chi connectivity index (χ1v) is 8.05. The van der Waals surface area contributed by atoms with Crippen molar-refractivity contribution in [1.82, 2.24) is 15.1 Å². The largest absolute Gasteiger partial charge is 0.345 e. The van der Waals surface area contributed by atoms with Crippen LogP contribution in [0.1, 0.15) is 40.3 Å². The van der Waals surface area contributed by atoms with Gasteiger partial charge in [-0.25, -0.2) is 4.68 Å². The summed E-state index contributed by atoms with van der Waals surface area (Å²) >= 11 is 0. The Kier molecular flexibility index (Phi) is 4.47. The van der Waals surface area contributed by atoms with Gasteiger partial charge in [0.1, 0.15) is 0 Å². The molecule has 3 rings (SSSR count). The van der Waals surface area contributed by atoms with Crippen molar-refractivity contribution >= 4 is 5.91 Å². The number of hydrogen-bond donors (Lipinski definition) is 1. The molecule has 0 aliphatic heterocycles. The van der Waals surface area contributed by atoms with Gasteiger partial charge in [0.2, 0.25) is 0 Å². The first-order chi connectivity index (χ1) is 11.6. The molecule has 0 fully saturated rings. The molecule has 0 bridgehead atoms. The van der Waals surface area contributed by atoms with Crippen LogP contribution in [0, 0.1) is 13.8 Å². The van der Waals surface area contributed by atoms with Gasteiger partial charge in [-0.2, -0.15) is 5.10 Å². The predicted octanol–water partition coefficient (Wildman–Crippen LogP) is 3.98. The molecule has 1 aromatic heterocycles. The maximum Gasteiger partial charge on any atom is 0.255 e. The third-order valence-electron chi connectivity index (χ3n) is 4.17. The molecule has 24 heavy (non-hydrogen) atoms. The van der Waals surface area contributed by atoms with Crippen molar-refractivity contribution in [2.45, 2.75) is 26.8 Å². The number of nitrogens with zero attached hydrogens (tertiary/aromatic N) is 2. The van der Waals surface area contributed by atoms with Crippen LogP contribution < -0.4 is 5.32 Å². The van der Waals surface area contributed by atoms with Crippen molar-refractivity contribution in [3.05, 3.63) is 83.2 Å². The van der Waals surface area contributed by atoms with Crippen LogP contribution in [0.15, 0.2) is 60.7 Å². The number of amides is 1. The van der Waals surface area contributed by atoms with Crippen LogP contribution in [0.2, 0.25) is 0 Å². The Bertz CT molecular complexity index is 838. The van der Waals surface area contributed by atoms with E-state index in [9.17, 15) is 4.79 Å². The summed E-state index contributed by atoms with van der Waals surface area (Å²) in [7, 11) is 0. The summed E-state index contributed by atoms with van der Waals surface area (Å²) in [6, 6.07) is 19.7. The van der Waals surface area contributed by atoms with Crippen LogP contribution >= 0.6 is 0 Å². The van der Waals surface area contributed by atoms with Crippen LogP contribution in [0.3, 0.4) is 0 Å². The Morgan fingerprint density at radius 3 is 2.21 bits per heavy atom. The Balaban J connectivity index is 1.87. The number of aromatic nitrogens is 2. The van der Waals surface area contributed by atoms with E-state index >= 15 is 0 Å². The van der Waals surface area contributed by atoms with Gasteiger partial charge in [-0.05, 0) is 38.5 Å². The molecule has 1 atom stereocenters. The molecule has 0 spiro atoms. The predicted molar refractivity (Wildman–Crippen MR) is 95.4 cm³/mol. The van der Waals surface area contributed by atoms with Gasteiger partial charge in [0.15, 0.2) is 0 Å². The molecule has 122 valence electrons. The first-order valence-electron chi connectivity index (χ1n) is 8.05. The molecule has 0 aliphatic carbocycles. The van der Waals surface area contributed by atoms with Crippen LogP contribution in [0.25, 0.3) is 5.69 Å². The molecule has 1 N–H and O–H groups in total. The van der Waals surface area contributed by atoms with E-state index in [0.717, 1.165) is 22.6 Å². The zero-order valence-electron chi connectivity index (χ0n) is 14.2. The Morgan fingerprint density at radius 1 is 1.00 bits per heavy atom. The van der Waals surface area contributed by atoms with Gasteiger partial charge in [0, 0.05) is 0 Å². The number of nitrogens with one attached hydrogen (secondary N) is 1. The number of para-hydroxylation sites is 1. The van der Waals surface area contributed by atoms with Gasteiger partial charge in [0.25, 0.3) is 5.91 Å². The van der Waals surface area contributed by atoms with Crippen molar-refractivity contribution in [3.63, 3.8) is 0 Å². The summed E-state index contributed by atoms with van der Waals surface area (Å²) in [5.41, 5.74) is 4.25. The zero-order valence-corrected chi connectivity index (χ0v) is 14.2. The zero-order chi connectivity index (χ0) is 17.1. The van der Waals surface area contributed by atoms with E-state index in [4.69, 9.17) is 0 Å². The first kappa shape index (κ1) is 16.0. The van der Waals surface area contributed by atoms with Crippen LogP contribution in [0.4, 0.5) is 0 Å². The average Bonchev–Trinajstić information content (AvgIpc) is 2.91. The van der Waals surface area contributed by atoms with E-state index in [2.05, 4.69) is 10.4 Å². The lowest BCUT2D eigenvalue weighted by atomic mass is 10.1. The van der Waals surface area contributed by atoms with E-state index in [0.29, 0.717) is 5.56 Å². The third kappa shape index (κ3) is 3.08. The van der Waals surface area contributed by atoms with Gasteiger partial charge in [-0.3, -0.25) is 4.79 Å². The Labute approximate surface area is 142 Å². The SMILES string of the molecule is Cc1nn(-c2ccccc2)c(C)c1C(=O)NC(C)c1ccccc1. The smallest absolute Gasteiger partial charge is 0.255 e.